The first-order chi connectivity index (χ1) is 17.4. The summed E-state index contributed by atoms with van der Waals surface area (Å²) in [5, 5.41) is 9.60. The SMILES string of the molecule is [C-]#[N+]c1cc(C(=O)C[C@H](CCO)Cc2ccc(-c3cn4cccc(Br)c4n3)cc2)ccc1OC(C)C. The molecule has 0 aliphatic heterocycles. The Hall–Kier alpha value is -3.47. The third-order valence-corrected chi connectivity index (χ3v) is 6.60. The number of Topliss-reactive ketones (excluding diaryl/α,β-unsaturated/α-hetero) is 1. The number of carbonyl (C=O) groups is 1. The van der Waals surface area contributed by atoms with Crippen molar-refractivity contribution < 1.29 is 14.6 Å². The van der Waals surface area contributed by atoms with Crippen molar-refractivity contribution in [2.24, 2.45) is 5.92 Å². The van der Waals surface area contributed by atoms with Gasteiger partial charge in [-0.15, -0.1) is 0 Å². The largest absolute Gasteiger partial charge is 0.502 e. The number of imidazole rings is 1. The Morgan fingerprint density at radius 3 is 2.64 bits per heavy atom. The highest BCUT2D eigenvalue weighted by Gasteiger charge is 2.18. The van der Waals surface area contributed by atoms with Gasteiger partial charge in [0.15, 0.2) is 11.4 Å². The van der Waals surface area contributed by atoms with E-state index in [1.165, 1.54) is 0 Å². The van der Waals surface area contributed by atoms with Gasteiger partial charge in [0.25, 0.3) is 0 Å². The second kappa shape index (κ2) is 11.5. The maximum atomic E-state index is 13.0. The summed E-state index contributed by atoms with van der Waals surface area (Å²) < 4.78 is 8.59. The van der Waals surface area contributed by atoms with E-state index in [-0.39, 0.29) is 24.4 Å². The molecule has 0 aliphatic rings. The number of benzene rings is 2. The van der Waals surface area contributed by atoms with Crippen molar-refractivity contribution >= 4 is 33.0 Å². The van der Waals surface area contributed by atoms with Gasteiger partial charge in [-0.05, 0) is 78.4 Å². The highest BCUT2D eigenvalue weighted by atomic mass is 79.9. The Kier molecular flexibility index (Phi) is 8.19. The molecule has 2 aromatic carbocycles. The number of aromatic nitrogens is 2. The Labute approximate surface area is 219 Å². The number of hydrogen-bond acceptors (Lipinski definition) is 4. The van der Waals surface area contributed by atoms with Crippen LogP contribution in [0.2, 0.25) is 0 Å². The molecule has 0 fully saturated rings. The van der Waals surface area contributed by atoms with Crippen molar-refractivity contribution in [2.45, 2.75) is 39.2 Å². The van der Waals surface area contributed by atoms with Gasteiger partial charge in [0.1, 0.15) is 5.75 Å². The average molecular weight is 546 g/mol. The van der Waals surface area contributed by atoms with Gasteiger partial charge >= 0.3 is 0 Å². The number of halogens is 1. The number of carbonyl (C=O) groups excluding carboxylic acids is 1. The van der Waals surface area contributed by atoms with Crippen LogP contribution in [0, 0.1) is 12.5 Å². The molecule has 0 unspecified atom stereocenters. The summed E-state index contributed by atoms with van der Waals surface area (Å²) in [5.41, 5.74) is 4.69. The van der Waals surface area contributed by atoms with Crippen molar-refractivity contribution in [3.63, 3.8) is 0 Å². The molecule has 7 heteroatoms. The van der Waals surface area contributed by atoms with Crippen LogP contribution in [0.25, 0.3) is 21.7 Å². The molecule has 2 heterocycles. The maximum absolute atomic E-state index is 13.0. The summed E-state index contributed by atoms with van der Waals surface area (Å²) in [4.78, 5) is 21.3. The van der Waals surface area contributed by atoms with Crippen molar-refractivity contribution in [1.29, 1.82) is 0 Å². The molecule has 184 valence electrons. The molecule has 4 rings (SSSR count). The molecular weight excluding hydrogens is 518 g/mol. The summed E-state index contributed by atoms with van der Waals surface area (Å²) >= 11 is 3.54. The third kappa shape index (κ3) is 6.01. The van der Waals surface area contributed by atoms with Crippen LogP contribution >= 0.6 is 15.9 Å². The predicted octanol–water partition coefficient (Wildman–Crippen LogP) is 6.92. The topological polar surface area (TPSA) is 68.2 Å². The summed E-state index contributed by atoms with van der Waals surface area (Å²) in [7, 11) is 0. The number of aliphatic hydroxyl groups is 1. The lowest BCUT2D eigenvalue weighted by atomic mass is 9.89. The lowest BCUT2D eigenvalue weighted by Gasteiger charge is -2.16. The van der Waals surface area contributed by atoms with Gasteiger partial charge in [0, 0.05) is 36.5 Å². The molecule has 0 radical (unpaired) electrons. The molecule has 0 bridgehead atoms. The van der Waals surface area contributed by atoms with Crippen molar-refractivity contribution in [3.8, 4) is 17.0 Å². The Morgan fingerprint density at radius 1 is 1.19 bits per heavy atom. The number of rotatable bonds is 10. The summed E-state index contributed by atoms with van der Waals surface area (Å²) in [6.45, 7) is 11.2. The molecule has 6 nitrogen and oxygen atoms in total. The van der Waals surface area contributed by atoms with Crippen LogP contribution in [-0.2, 0) is 6.42 Å². The van der Waals surface area contributed by atoms with Crippen molar-refractivity contribution in [3.05, 3.63) is 94.0 Å². The highest BCUT2D eigenvalue weighted by molar-refractivity contribution is 9.10. The Bertz CT molecular complexity index is 1400. The zero-order chi connectivity index (χ0) is 25.7. The first-order valence-corrected chi connectivity index (χ1v) is 12.7. The van der Waals surface area contributed by atoms with Crippen LogP contribution in [0.15, 0.2) is 71.5 Å². The second-order valence-electron chi connectivity index (χ2n) is 9.08. The quantitative estimate of drug-likeness (QED) is 0.173. The van der Waals surface area contributed by atoms with Crippen molar-refractivity contribution in [2.75, 3.05) is 6.61 Å². The second-order valence-corrected chi connectivity index (χ2v) is 9.94. The monoisotopic (exact) mass is 545 g/mol. The van der Waals surface area contributed by atoms with E-state index in [0.29, 0.717) is 36.3 Å². The van der Waals surface area contributed by atoms with Crippen LogP contribution in [0.4, 0.5) is 5.69 Å². The van der Waals surface area contributed by atoms with Crippen LogP contribution in [0.1, 0.15) is 42.6 Å². The predicted molar refractivity (Wildman–Crippen MR) is 145 cm³/mol. The number of ketones is 1. The molecule has 36 heavy (non-hydrogen) atoms. The van der Waals surface area contributed by atoms with E-state index in [9.17, 15) is 9.90 Å². The number of hydrogen-bond donors (Lipinski definition) is 1. The molecule has 0 spiro atoms. The molecule has 0 saturated carbocycles. The Balaban J connectivity index is 1.46. The van der Waals surface area contributed by atoms with E-state index >= 15 is 0 Å². The van der Waals surface area contributed by atoms with E-state index in [4.69, 9.17) is 16.3 Å². The zero-order valence-electron chi connectivity index (χ0n) is 20.3. The smallest absolute Gasteiger partial charge is 0.228 e. The normalized spacial score (nSPS) is 12.0. The molecule has 0 amide bonds. The van der Waals surface area contributed by atoms with Crippen LogP contribution in [-0.4, -0.2) is 33.0 Å². The van der Waals surface area contributed by atoms with Gasteiger partial charge in [0.05, 0.1) is 22.8 Å². The van der Waals surface area contributed by atoms with Gasteiger partial charge < -0.3 is 14.2 Å². The lowest BCUT2D eigenvalue weighted by molar-refractivity contribution is 0.0953. The van der Waals surface area contributed by atoms with Gasteiger partial charge in [-0.3, -0.25) is 4.79 Å². The van der Waals surface area contributed by atoms with Gasteiger partial charge in [-0.1, -0.05) is 30.3 Å². The fourth-order valence-electron chi connectivity index (χ4n) is 4.23. The molecule has 0 saturated heterocycles. The number of nitrogens with zero attached hydrogens (tertiary/aromatic N) is 3. The summed E-state index contributed by atoms with van der Waals surface area (Å²) in [5.74, 6) is 0.435. The maximum Gasteiger partial charge on any atom is 0.228 e. The van der Waals surface area contributed by atoms with E-state index < -0.39 is 0 Å². The molecule has 1 N–H and O–H groups in total. The van der Waals surface area contributed by atoms with Crippen molar-refractivity contribution in [1.82, 2.24) is 9.38 Å². The van der Waals surface area contributed by atoms with Crippen LogP contribution < -0.4 is 4.74 Å². The molecule has 2 aromatic heterocycles. The van der Waals surface area contributed by atoms with E-state index in [2.05, 4.69) is 32.9 Å². The van der Waals surface area contributed by atoms with E-state index in [1.54, 1.807) is 18.2 Å². The lowest BCUT2D eigenvalue weighted by Crippen LogP contribution is -2.13. The Morgan fingerprint density at radius 2 is 1.97 bits per heavy atom. The van der Waals surface area contributed by atoms with Gasteiger partial charge in [-0.25, -0.2) is 9.83 Å². The minimum absolute atomic E-state index is 0.0116. The number of pyridine rings is 1. The molecule has 1 atom stereocenters. The van der Waals surface area contributed by atoms with Crippen LogP contribution in [0.5, 0.6) is 5.75 Å². The standard InChI is InChI=1S/C29H28BrN3O3/c1-19(2)36-28-11-10-23(17-25(28)31-3)27(35)16-21(12-14-34)15-20-6-8-22(9-7-20)26-18-33-13-4-5-24(30)29(33)32-26/h4-11,13,17-19,21,34H,12,14-16H2,1-2H3/t21-/m1/s1. The van der Waals surface area contributed by atoms with E-state index in [1.807, 2.05) is 54.9 Å². The summed E-state index contributed by atoms with van der Waals surface area (Å²) in [6.07, 6.45) is 5.41. The number of aliphatic hydroxyl groups excluding tert-OH is 1. The van der Waals surface area contributed by atoms with Gasteiger partial charge in [-0.2, -0.15) is 0 Å². The van der Waals surface area contributed by atoms with Crippen LogP contribution in [0.3, 0.4) is 0 Å². The first kappa shape index (κ1) is 25.6. The van der Waals surface area contributed by atoms with Gasteiger partial charge in [0.2, 0.25) is 5.69 Å². The average Bonchev–Trinajstić information content (AvgIpc) is 3.30. The number of ether oxygens (including phenoxy) is 1. The minimum Gasteiger partial charge on any atom is -0.502 e. The molecule has 4 aromatic rings. The summed E-state index contributed by atoms with van der Waals surface area (Å²) in [6, 6.07) is 17.1. The van der Waals surface area contributed by atoms with E-state index in [0.717, 1.165) is 26.9 Å². The number of fused-ring (bicyclic) bond motifs is 1. The minimum atomic E-state index is -0.0537. The molecule has 0 aliphatic carbocycles. The fourth-order valence-corrected chi connectivity index (χ4v) is 4.68. The fraction of sp³-hybridized carbons (Fsp3) is 0.276. The first-order valence-electron chi connectivity index (χ1n) is 11.9. The molecular formula is C29H28BrN3O3. The third-order valence-electron chi connectivity index (χ3n) is 5.98. The zero-order valence-corrected chi connectivity index (χ0v) is 21.9. The highest BCUT2D eigenvalue weighted by Crippen LogP contribution is 2.31.